The molecule has 1 aromatic heterocycles. The van der Waals surface area contributed by atoms with Gasteiger partial charge in [-0.1, -0.05) is 60.4 Å². The molecule has 1 heterocycles. The number of benzene rings is 1. The Bertz CT molecular complexity index is 748. The fraction of sp³-hybridized carbons (Fsp3) is 0.0952. The largest absolute Gasteiger partial charge is 0.255 e. The highest BCUT2D eigenvalue weighted by Gasteiger charge is 1.96. The summed E-state index contributed by atoms with van der Waals surface area (Å²) in [7, 11) is 0. The third-order valence-corrected chi connectivity index (χ3v) is 3.10. The molecule has 0 spiro atoms. The van der Waals surface area contributed by atoms with Crippen LogP contribution in [0.5, 0.6) is 0 Å². The Kier molecular flexibility index (Phi) is 5.51. The quantitative estimate of drug-likeness (QED) is 0.575. The van der Waals surface area contributed by atoms with E-state index in [1.54, 1.807) is 6.20 Å². The first-order valence-corrected chi connectivity index (χ1v) is 7.22. The maximum atomic E-state index is 4.41. The predicted molar refractivity (Wildman–Crippen MR) is 94.4 cm³/mol. The summed E-state index contributed by atoms with van der Waals surface area (Å²) in [4.78, 5) is 4.41. The van der Waals surface area contributed by atoms with E-state index in [2.05, 4.69) is 42.5 Å². The fourth-order valence-electron chi connectivity index (χ4n) is 1.81. The molecule has 2 aromatic rings. The molecule has 0 saturated heterocycles. The summed E-state index contributed by atoms with van der Waals surface area (Å²) < 4.78 is 0. The summed E-state index contributed by atoms with van der Waals surface area (Å²) in [5, 5.41) is 0. The molecule has 0 bridgehead atoms. The number of pyridine rings is 1. The smallest absolute Gasteiger partial charge is 0.0696 e. The lowest BCUT2D eigenvalue weighted by Crippen LogP contribution is -1.86. The number of hydrogen-bond donors (Lipinski definition) is 0. The third kappa shape index (κ3) is 4.61. The minimum Gasteiger partial charge on any atom is -0.255 e. The van der Waals surface area contributed by atoms with Crippen LogP contribution in [0.4, 0.5) is 0 Å². The van der Waals surface area contributed by atoms with Crippen molar-refractivity contribution in [1.82, 2.24) is 4.98 Å². The molecule has 108 valence electrons. The van der Waals surface area contributed by atoms with Gasteiger partial charge in [0.05, 0.1) is 5.69 Å². The van der Waals surface area contributed by atoms with Crippen LogP contribution in [-0.4, -0.2) is 4.98 Å². The van der Waals surface area contributed by atoms with Crippen molar-refractivity contribution in [2.45, 2.75) is 13.8 Å². The highest BCUT2D eigenvalue weighted by atomic mass is 14.7. The molecule has 0 amide bonds. The topological polar surface area (TPSA) is 12.9 Å². The lowest BCUT2D eigenvalue weighted by atomic mass is 10.1. The number of aromatic nitrogens is 1. The van der Waals surface area contributed by atoms with E-state index >= 15 is 0 Å². The first-order valence-electron chi connectivity index (χ1n) is 7.22. The number of aryl methyl sites for hydroxylation is 1. The van der Waals surface area contributed by atoms with Crippen molar-refractivity contribution in [2.75, 3.05) is 0 Å². The Morgan fingerprint density at radius 1 is 1.00 bits per heavy atom. The van der Waals surface area contributed by atoms with Crippen molar-refractivity contribution in [3.63, 3.8) is 0 Å². The number of allylic oxidation sites excluding steroid dienone is 5. The molecule has 1 nitrogen and oxygen atoms in total. The third-order valence-electron chi connectivity index (χ3n) is 3.10. The number of hydrogen-bond acceptors (Lipinski definition) is 1. The van der Waals surface area contributed by atoms with E-state index in [4.69, 9.17) is 0 Å². The van der Waals surface area contributed by atoms with Gasteiger partial charge in [0.15, 0.2) is 0 Å². The monoisotopic (exact) mass is 285 g/mol. The first kappa shape index (κ1) is 15.5. The first-order chi connectivity index (χ1) is 10.7. The van der Waals surface area contributed by atoms with Crippen LogP contribution in [0.3, 0.4) is 0 Å². The van der Waals surface area contributed by atoms with Gasteiger partial charge in [-0.15, -0.1) is 0 Å². The SMILES string of the molecule is C=C(/C=C\C=C/C)c1ccc(C#Cc2ccc(C)cc2)cn1. The summed E-state index contributed by atoms with van der Waals surface area (Å²) in [5.41, 5.74) is 4.89. The molecule has 0 aliphatic carbocycles. The van der Waals surface area contributed by atoms with Crippen LogP contribution < -0.4 is 0 Å². The molecule has 2 rings (SSSR count). The Labute approximate surface area is 132 Å². The van der Waals surface area contributed by atoms with Gasteiger partial charge in [0.25, 0.3) is 0 Å². The number of rotatable bonds is 3. The average molecular weight is 285 g/mol. The van der Waals surface area contributed by atoms with E-state index in [0.717, 1.165) is 22.4 Å². The molecule has 0 aliphatic heterocycles. The fourth-order valence-corrected chi connectivity index (χ4v) is 1.81. The lowest BCUT2D eigenvalue weighted by Gasteiger charge is -1.99. The zero-order valence-corrected chi connectivity index (χ0v) is 13.0. The zero-order chi connectivity index (χ0) is 15.8. The van der Waals surface area contributed by atoms with E-state index in [9.17, 15) is 0 Å². The molecule has 0 unspecified atom stereocenters. The highest BCUT2D eigenvalue weighted by molar-refractivity contribution is 5.69. The van der Waals surface area contributed by atoms with Gasteiger partial charge in [0.1, 0.15) is 0 Å². The maximum Gasteiger partial charge on any atom is 0.0696 e. The zero-order valence-electron chi connectivity index (χ0n) is 13.0. The van der Waals surface area contributed by atoms with E-state index in [1.165, 1.54) is 5.56 Å². The molecule has 0 radical (unpaired) electrons. The molecule has 0 saturated carbocycles. The Morgan fingerprint density at radius 2 is 1.68 bits per heavy atom. The maximum absolute atomic E-state index is 4.41. The molecule has 0 N–H and O–H groups in total. The molecule has 1 aromatic carbocycles. The van der Waals surface area contributed by atoms with Crippen LogP contribution in [0.15, 0.2) is 73.5 Å². The predicted octanol–water partition coefficient (Wildman–Crippen LogP) is 4.94. The van der Waals surface area contributed by atoms with Crippen molar-refractivity contribution < 1.29 is 0 Å². The van der Waals surface area contributed by atoms with Crippen LogP contribution in [0, 0.1) is 18.8 Å². The Balaban J connectivity index is 2.09. The Morgan fingerprint density at radius 3 is 2.32 bits per heavy atom. The van der Waals surface area contributed by atoms with Gasteiger partial charge in [-0.05, 0) is 43.7 Å². The number of nitrogens with zero attached hydrogens (tertiary/aromatic N) is 1. The Hall–Kier alpha value is -2.85. The summed E-state index contributed by atoms with van der Waals surface area (Å²) in [6, 6.07) is 12.1. The summed E-state index contributed by atoms with van der Waals surface area (Å²) in [6.45, 7) is 8.05. The van der Waals surface area contributed by atoms with Crippen molar-refractivity contribution in [2.24, 2.45) is 0 Å². The van der Waals surface area contributed by atoms with E-state index in [0.29, 0.717) is 0 Å². The average Bonchev–Trinajstić information content (AvgIpc) is 2.55. The van der Waals surface area contributed by atoms with Crippen LogP contribution in [0.25, 0.3) is 5.57 Å². The second-order valence-electron chi connectivity index (χ2n) is 4.96. The van der Waals surface area contributed by atoms with Gasteiger partial charge >= 0.3 is 0 Å². The van der Waals surface area contributed by atoms with Crippen LogP contribution >= 0.6 is 0 Å². The van der Waals surface area contributed by atoms with Crippen LogP contribution in [0.2, 0.25) is 0 Å². The second kappa shape index (κ2) is 7.81. The van der Waals surface area contributed by atoms with Crippen molar-refractivity contribution in [3.05, 3.63) is 95.9 Å². The van der Waals surface area contributed by atoms with Crippen molar-refractivity contribution in [1.29, 1.82) is 0 Å². The van der Waals surface area contributed by atoms with E-state index in [-0.39, 0.29) is 0 Å². The lowest BCUT2D eigenvalue weighted by molar-refractivity contribution is 1.27. The van der Waals surface area contributed by atoms with Gasteiger partial charge in [-0.25, -0.2) is 0 Å². The van der Waals surface area contributed by atoms with Crippen LogP contribution in [-0.2, 0) is 0 Å². The normalized spacial score (nSPS) is 10.6. The molecule has 0 atom stereocenters. The standard InChI is InChI=1S/C21H19N/c1-4-5-6-7-18(3)21-15-14-20(16-22-21)13-12-19-10-8-17(2)9-11-19/h4-11,14-16H,3H2,1-2H3/b5-4-,7-6-. The summed E-state index contributed by atoms with van der Waals surface area (Å²) >= 11 is 0. The molecule has 0 fully saturated rings. The van der Waals surface area contributed by atoms with E-state index in [1.807, 2.05) is 55.5 Å². The molecule has 0 aliphatic rings. The van der Waals surface area contributed by atoms with Gasteiger partial charge in [-0.2, -0.15) is 0 Å². The summed E-state index contributed by atoms with van der Waals surface area (Å²) in [5.74, 6) is 6.27. The van der Waals surface area contributed by atoms with Crippen LogP contribution in [0.1, 0.15) is 29.3 Å². The van der Waals surface area contributed by atoms with Crippen molar-refractivity contribution in [3.8, 4) is 11.8 Å². The van der Waals surface area contributed by atoms with Gasteiger partial charge < -0.3 is 0 Å². The second-order valence-corrected chi connectivity index (χ2v) is 4.96. The minimum absolute atomic E-state index is 0.863. The summed E-state index contributed by atoms with van der Waals surface area (Å²) in [6.07, 6.45) is 9.62. The van der Waals surface area contributed by atoms with Gasteiger partial charge in [0, 0.05) is 17.3 Å². The molecular weight excluding hydrogens is 266 g/mol. The van der Waals surface area contributed by atoms with Gasteiger partial charge in [0.2, 0.25) is 0 Å². The highest BCUT2D eigenvalue weighted by Crippen LogP contribution is 2.11. The van der Waals surface area contributed by atoms with Gasteiger partial charge in [-0.3, -0.25) is 4.98 Å². The molecular formula is C21H19N. The minimum atomic E-state index is 0.863. The molecule has 1 heteroatoms. The molecule has 22 heavy (non-hydrogen) atoms. The van der Waals surface area contributed by atoms with E-state index < -0.39 is 0 Å². The van der Waals surface area contributed by atoms with Crippen molar-refractivity contribution >= 4 is 5.57 Å².